The number of rotatable bonds is 4. The lowest BCUT2D eigenvalue weighted by atomic mass is 10.1. The lowest BCUT2D eigenvalue weighted by Gasteiger charge is -2.08. The van der Waals surface area contributed by atoms with Crippen molar-refractivity contribution < 1.29 is 4.79 Å². The number of amides is 1. The van der Waals surface area contributed by atoms with Crippen molar-refractivity contribution in [1.82, 2.24) is 25.1 Å². The van der Waals surface area contributed by atoms with Gasteiger partial charge in [-0.1, -0.05) is 12.1 Å². The van der Waals surface area contributed by atoms with Crippen LogP contribution in [0.15, 0.2) is 36.8 Å². The molecule has 0 aliphatic heterocycles. The Balaban J connectivity index is 1.81. The first-order chi connectivity index (χ1) is 10.7. The molecule has 1 aromatic carbocycles. The van der Waals surface area contributed by atoms with E-state index in [1.54, 1.807) is 24.0 Å². The molecule has 0 spiro atoms. The third-order valence-electron chi connectivity index (χ3n) is 3.41. The number of aryl methyl sites for hydroxylation is 1. The van der Waals surface area contributed by atoms with Crippen LogP contribution in [-0.2, 0) is 13.6 Å². The fourth-order valence-electron chi connectivity index (χ4n) is 2.26. The highest BCUT2D eigenvalue weighted by Crippen LogP contribution is 2.18. The molecular weight excluding hydrogens is 280 g/mol. The zero-order valence-corrected chi connectivity index (χ0v) is 12.4. The summed E-state index contributed by atoms with van der Waals surface area (Å²) in [6.07, 6.45) is 3.24. The Kier molecular flexibility index (Phi) is 3.69. The third-order valence-corrected chi connectivity index (χ3v) is 3.41. The van der Waals surface area contributed by atoms with E-state index in [-0.39, 0.29) is 5.91 Å². The highest BCUT2D eigenvalue weighted by molar-refractivity contribution is 5.94. The summed E-state index contributed by atoms with van der Waals surface area (Å²) in [4.78, 5) is 20.1. The molecule has 2 heterocycles. The highest BCUT2D eigenvalue weighted by Gasteiger charge is 2.08. The Morgan fingerprint density at radius 1 is 1.32 bits per heavy atom. The summed E-state index contributed by atoms with van der Waals surface area (Å²) in [6.45, 7) is 0.561. The largest absolute Gasteiger partial charge is 0.365 e. The molecule has 2 N–H and O–H groups in total. The van der Waals surface area contributed by atoms with E-state index in [2.05, 4.69) is 25.7 Å². The predicted octanol–water partition coefficient (Wildman–Crippen LogP) is 1.33. The predicted molar refractivity (Wildman–Crippen MR) is 83.5 cm³/mol. The highest BCUT2D eigenvalue weighted by atomic mass is 16.1. The summed E-state index contributed by atoms with van der Waals surface area (Å²) in [5, 5.41) is 10.9. The maximum absolute atomic E-state index is 11.7. The number of carbonyl (C=O) groups is 1. The molecule has 2 aromatic heterocycles. The van der Waals surface area contributed by atoms with Crippen molar-refractivity contribution in [3.05, 3.63) is 47.9 Å². The van der Waals surface area contributed by atoms with E-state index in [0.717, 1.165) is 22.4 Å². The molecular formula is C15H16N6O. The third kappa shape index (κ3) is 2.60. The fourth-order valence-corrected chi connectivity index (χ4v) is 2.26. The summed E-state index contributed by atoms with van der Waals surface area (Å²) in [5.41, 5.74) is 2.41. The van der Waals surface area contributed by atoms with Crippen LogP contribution in [-0.4, -0.2) is 32.7 Å². The Labute approximate surface area is 127 Å². The first kappa shape index (κ1) is 14.0. The second-order valence-electron chi connectivity index (χ2n) is 4.86. The van der Waals surface area contributed by atoms with Crippen molar-refractivity contribution in [2.24, 2.45) is 7.05 Å². The molecule has 0 aliphatic rings. The van der Waals surface area contributed by atoms with E-state index in [4.69, 9.17) is 0 Å². The second-order valence-corrected chi connectivity index (χ2v) is 4.86. The van der Waals surface area contributed by atoms with Crippen LogP contribution in [0.25, 0.3) is 11.0 Å². The van der Waals surface area contributed by atoms with Gasteiger partial charge in [-0.05, 0) is 17.7 Å². The molecule has 7 nitrogen and oxygen atoms in total. The quantitative estimate of drug-likeness (QED) is 0.759. The van der Waals surface area contributed by atoms with Gasteiger partial charge in [-0.25, -0.2) is 9.97 Å². The molecule has 3 rings (SSSR count). The number of hydrogen-bond acceptors (Lipinski definition) is 5. The van der Waals surface area contributed by atoms with Crippen LogP contribution in [0.5, 0.6) is 0 Å². The van der Waals surface area contributed by atoms with Gasteiger partial charge in [-0.2, -0.15) is 5.10 Å². The fraction of sp³-hybridized carbons (Fsp3) is 0.200. The molecule has 22 heavy (non-hydrogen) atoms. The van der Waals surface area contributed by atoms with Crippen LogP contribution in [0.2, 0.25) is 0 Å². The number of nitrogens with zero attached hydrogens (tertiary/aromatic N) is 4. The van der Waals surface area contributed by atoms with E-state index in [0.29, 0.717) is 12.1 Å². The summed E-state index contributed by atoms with van der Waals surface area (Å²) >= 11 is 0. The lowest BCUT2D eigenvalue weighted by Crippen LogP contribution is -2.18. The van der Waals surface area contributed by atoms with Gasteiger partial charge in [0.25, 0.3) is 5.91 Å². The van der Waals surface area contributed by atoms with Gasteiger partial charge in [0.1, 0.15) is 12.1 Å². The minimum absolute atomic E-state index is 0.0986. The molecule has 7 heteroatoms. The van der Waals surface area contributed by atoms with Crippen LogP contribution < -0.4 is 10.6 Å². The van der Waals surface area contributed by atoms with E-state index in [9.17, 15) is 4.79 Å². The van der Waals surface area contributed by atoms with Crippen molar-refractivity contribution in [3.8, 4) is 0 Å². The van der Waals surface area contributed by atoms with Crippen LogP contribution in [0.1, 0.15) is 15.9 Å². The van der Waals surface area contributed by atoms with Crippen molar-refractivity contribution in [1.29, 1.82) is 0 Å². The number of aromatic nitrogens is 4. The molecule has 0 unspecified atom stereocenters. The molecule has 0 aliphatic carbocycles. The van der Waals surface area contributed by atoms with Gasteiger partial charge in [-0.15, -0.1) is 0 Å². The number of anilines is 1. The van der Waals surface area contributed by atoms with Crippen LogP contribution >= 0.6 is 0 Å². The summed E-state index contributed by atoms with van der Waals surface area (Å²) in [5.74, 6) is 0.627. The summed E-state index contributed by atoms with van der Waals surface area (Å²) in [6, 6.07) is 7.46. The summed E-state index contributed by atoms with van der Waals surface area (Å²) < 4.78 is 1.70. The first-order valence-electron chi connectivity index (χ1n) is 6.86. The van der Waals surface area contributed by atoms with E-state index in [1.807, 2.05) is 25.2 Å². The minimum atomic E-state index is -0.0986. The van der Waals surface area contributed by atoms with Crippen LogP contribution in [0.3, 0.4) is 0 Å². The van der Waals surface area contributed by atoms with Gasteiger partial charge >= 0.3 is 0 Å². The Morgan fingerprint density at radius 3 is 3.00 bits per heavy atom. The lowest BCUT2D eigenvalue weighted by molar-refractivity contribution is 0.0963. The number of hydrogen-bond donors (Lipinski definition) is 2. The molecule has 0 bridgehead atoms. The molecule has 1 amide bonds. The van der Waals surface area contributed by atoms with Crippen molar-refractivity contribution in [2.45, 2.75) is 6.54 Å². The van der Waals surface area contributed by atoms with Crippen molar-refractivity contribution >= 4 is 22.8 Å². The molecule has 0 saturated heterocycles. The van der Waals surface area contributed by atoms with Gasteiger partial charge in [0.2, 0.25) is 0 Å². The van der Waals surface area contributed by atoms with Gasteiger partial charge < -0.3 is 10.6 Å². The summed E-state index contributed by atoms with van der Waals surface area (Å²) in [7, 11) is 3.46. The minimum Gasteiger partial charge on any atom is -0.365 e. The molecule has 0 saturated carbocycles. The average molecular weight is 296 g/mol. The molecule has 3 aromatic rings. The standard InChI is InChI=1S/C15H16N6O/c1-16-15(22)11-5-3-4-10(6-11)7-17-13-12-8-20-21(2)14(12)19-9-18-13/h3-6,8-9H,7H2,1-2H3,(H,16,22)(H,17,18,19). The molecule has 0 radical (unpaired) electrons. The normalized spacial score (nSPS) is 10.6. The molecule has 0 atom stereocenters. The van der Waals surface area contributed by atoms with Gasteiger partial charge in [0, 0.05) is 26.2 Å². The van der Waals surface area contributed by atoms with Gasteiger partial charge in [0.05, 0.1) is 11.6 Å². The smallest absolute Gasteiger partial charge is 0.251 e. The van der Waals surface area contributed by atoms with E-state index < -0.39 is 0 Å². The molecule has 112 valence electrons. The maximum Gasteiger partial charge on any atom is 0.251 e. The Morgan fingerprint density at radius 2 is 2.18 bits per heavy atom. The maximum atomic E-state index is 11.7. The van der Waals surface area contributed by atoms with E-state index >= 15 is 0 Å². The monoisotopic (exact) mass is 296 g/mol. The Bertz CT molecular complexity index is 826. The van der Waals surface area contributed by atoms with Crippen LogP contribution in [0.4, 0.5) is 5.82 Å². The first-order valence-corrected chi connectivity index (χ1v) is 6.86. The zero-order valence-electron chi connectivity index (χ0n) is 12.4. The van der Waals surface area contributed by atoms with Crippen molar-refractivity contribution in [3.63, 3.8) is 0 Å². The average Bonchev–Trinajstić information content (AvgIpc) is 2.94. The SMILES string of the molecule is CNC(=O)c1cccc(CNc2ncnc3c2cnn3C)c1. The van der Waals surface area contributed by atoms with Crippen LogP contribution in [0, 0.1) is 0 Å². The van der Waals surface area contributed by atoms with Gasteiger partial charge in [-0.3, -0.25) is 9.48 Å². The van der Waals surface area contributed by atoms with Crippen molar-refractivity contribution in [2.75, 3.05) is 12.4 Å². The topological polar surface area (TPSA) is 84.7 Å². The second kappa shape index (κ2) is 5.80. The zero-order chi connectivity index (χ0) is 15.5. The number of fused-ring (bicyclic) bond motifs is 1. The van der Waals surface area contributed by atoms with E-state index in [1.165, 1.54) is 6.33 Å². The van der Waals surface area contributed by atoms with Gasteiger partial charge in [0.15, 0.2) is 5.65 Å². The number of benzene rings is 1. The number of nitrogens with one attached hydrogen (secondary N) is 2. The Hall–Kier alpha value is -2.96. The number of carbonyl (C=O) groups excluding carboxylic acids is 1. The molecule has 0 fully saturated rings.